The van der Waals surface area contributed by atoms with Crippen LogP contribution < -0.4 is 15.5 Å². The first-order valence-electron chi connectivity index (χ1n) is 12.4. The number of nitrogens with zero attached hydrogens (tertiary/aromatic N) is 4. The van der Waals surface area contributed by atoms with Crippen molar-refractivity contribution in [1.82, 2.24) is 19.8 Å². The lowest BCUT2D eigenvalue weighted by Crippen LogP contribution is -2.33. The number of nitrogens with one attached hydrogen (secondary N) is 2. The summed E-state index contributed by atoms with van der Waals surface area (Å²) in [4.78, 5) is 21.5. The van der Waals surface area contributed by atoms with E-state index in [0.717, 1.165) is 22.8 Å². The van der Waals surface area contributed by atoms with Crippen molar-refractivity contribution in [2.75, 3.05) is 30.9 Å². The number of carbonyl (C=O) groups excluding carboxylic acids is 1. The summed E-state index contributed by atoms with van der Waals surface area (Å²) in [5.74, 6) is -0.520. The lowest BCUT2D eigenvalue weighted by atomic mass is 10.0. The number of anilines is 2. The van der Waals surface area contributed by atoms with Gasteiger partial charge in [-0.25, -0.2) is 4.39 Å². The Balaban J connectivity index is 1.43. The van der Waals surface area contributed by atoms with Gasteiger partial charge in [0.15, 0.2) is 5.11 Å². The van der Waals surface area contributed by atoms with Crippen LogP contribution in [0.3, 0.4) is 0 Å². The number of halogens is 1. The molecular weight excluding hydrogens is 499 g/mol. The zero-order valence-electron chi connectivity index (χ0n) is 21.2. The summed E-state index contributed by atoms with van der Waals surface area (Å²) in [6, 6.07) is 23.6. The van der Waals surface area contributed by atoms with Crippen molar-refractivity contribution >= 4 is 34.6 Å². The zero-order chi connectivity index (χ0) is 26.6. The average molecular weight is 529 g/mol. The van der Waals surface area contributed by atoms with E-state index in [-0.39, 0.29) is 30.2 Å². The number of thiocarbonyl (C=S) groups is 1. The number of hydrogen-bond acceptors (Lipinski definition) is 4. The second-order valence-electron chi connectivity index (χ2n) is 9.34. The first kappa shape index (κ1) is 25.4. The number of aromatic nitrogens is 2. The Hall–Kier alpha value is -4.24. The average Bonchev–Trinajstić information content (AvgIpc) is 3.53. The number of carbonyl (C=O) groups is 1. The third-order valence-corrected chi connectivity index (χ3v) is 6.99. The molecule has 1 saturated heterocycles. The van der Waals surface area contributed by atoms with E-state index < -0.39 is 0 Å². The van der Waals surface area contributed by atoms with Crippen molar-refractivity contribution in [2.45, 2.75) is 18.5 Å². The van der Waals surface area contributed by atoms with E-state index >= 15 is 0 Å². The van der Waals surface area contributed by atoms with Gasteiger partial charge in [-0.1, -0.05) is 6.07 Å². The van der Waals surface area contributed by atoms with Gasteiger partial charge in [-0.15, -0.1) is 0 Å². The monoisotopic (exact) mass is 528 g/mol. The lowest BCUT2D eigenvalue weighted by Gasteiger charge is -2.29. The molecular formula is C29H29FN6OS. The van der Waals surface area contributed by atoms with Crippen molar-refractivity contribution in [1.29, 1.82) is 0 Å². The van der Waals surface area contributed by atoms with E-state index in [9.17, 15) is 9.18 Å². The largest absolute Gasteiger partial charge is 0.378 e. The smallest absolute Gasteiger partial charge is 0.226 e. The first-order valence-corrected chi connectivity index (χ1v) is 12.8. The Kier molecular flexibility index (Phi) is 7.37. The molecule has 2 atom stereocenters. The molecule has 0 aliphatic carbocycles. The van der Waals surface area contributed by atoms with Crippen molar-refractivity contribution in [3.63, 3.8) is 0 Å². The van der Waals surface area contributed by atoms with Gasteiger partial charge in [0.05, 0.1) is 17.8 Å². The van der Waals surface area contributed by atoms with Gasteiger partial charge in [-0.05, 0) is 85.0 Å². The summed E-state index contributed by atoms with van der Waals surface area (Å²) in [6.45, 7) is 0.400. The minimum atomic E-state index is -0.348. The number of benzene rings is 2. The number of amides is 1. The van der Waals surface area contributed by atoms with Gasteiger partial charge in [0.1, 0.15) is 5.82 Å². The molecule has 1 aliphatic heterocycles. The molecule has 0 radical (unpaired) electrons. The predicted molar refractivity (Wildman–Crippen MR) is 152 cm³/mol. The molecule has 2 aromatic heterocycles. The molecule has 2 aromatic carbocycles. The SMILES string of the molecule is CN(C)c1ccc(-n2cccc2[C@H]2[C@@H](c3ccccn3)NC(=S)N2CCC(=O)Nc2ccc(F)cc2)cc1. The highest BCUT2D eigenvalue weighted by molar-refractivity contribution is 7.80. The summed E-state index contributed by atoms with van der Waals surface area (Å²) >= 11 is 5.77. The maximum Gasteiger partial charge on any atom is 0.226 e. The molecule has 7 nitrogen and oxygen atoms in total. The maximum atomic E-state index is 13.2. The van der Waals surface area contributed by atoms with Gasteiger partial charge in [0, 0.05) is 62.2 Å². The van der Waals surface area contributed by atoms with Gasteiger partial charge in [-0.3, -0.25) is 9.78 Å². The highest BCUT2D eigenvalue weighted by Crippen LogP contribution is 2.39. The first-order chi connectivity index (χ1) is 18.4. The molecule has 38 heavy (non-hydrogen) atoms. The molecule has 3 heterocycles. The van der Waals surface area contributed by atoms with Crippen LogP contribution in [0.15, 0.2) is 91.3 Å². The van der Waals surface area contributed by atoms with E-state index in [1.807, 2.05) is 44.6 Å². The summed E-state index contributed by atoms with van der Waals surface area (Å²) in [6.07, 6.45) is 4.02. The van der Waals surface area contributed by atoms with E-state index in [1.54, 1.807) is 18.3 Å². The van der Waals surface area contributed by atoms with Crippen molar-refractivity contribution < 1.29 is 9.18 Å². The summed E-state index contributed by atoms with van der Waals surface area (Å²) < 4.78 is 15.4. The minimum absolute atomic E-state index is 0.172. The summed E-state index contributed by atoms with van der Waals surface area (Å²) in [5.41, 5.74) is 4.60. The molecule has 4 aromatic rings. The van der Waals surface area contributed by atoms with E-state index in [0.29, 0.717) is 17.3 Å². The number of rotatable bonds is 8. The van der Waals surface area contributed by atoms with Crippen LogP contribution in [-0.2, 0) is 4.79 Å². The topological polar surface area (TPSA) is 65.4 Å². The Morgan fingerprint density at radius 3 is 2.50 bits per heavy atom. The van der Waals surface area contributed by atoms with Crippen molar-refractivity contribution in [3.8, 4) is 5.69 Å². The van der Waals surface area contributed by atoms with Gasteiger partial charge in [0.2, 0.25) is 5.91 Å². The summed E-state index contributed by atoms with van der Waals surface area (Å²) in [7, 11) is 4.03. The van der Waals surface area contributed by atoms with Crippen LogP contribution in [0, 0.1) is 5.82 Å². The molecule has 0 saturated carbocycles. The molecule has 9 heteroatoms. The van der Waals surface area contributed by atoms with Gasteiger partial charge >= 0.3 is 0 Å². The highest BCUT2D eigenvalue weighted by Gasteiger charge is 2.41. The van der Waals surface area contributed by atoms with E-state index in [1.165, 1.54) is 12.1 Å². The Morgan fingerprint density at radius 1 is 1.05 bits per heavy atom. The molecule has 1 aliphatic rings. The van der Waals surface area contributed by atoms with Crippen molar-refractivity contribution in [2.24, 2.45) is 0 Å². The standard InChI is InChI=1S/C29H29FN6OS/c1-34(2)22-12-14-23(15-13-22)35-18-5-7-25(35)28-27(24-6-3-4-17-31-24)33-29(38)36(28)19-16-26(37)32-21-10-8-20(30)9-11-21/h3-15,17-18,27-28H,16,19H2,1-2H3,(H,32,37)(H,33,38)/t27-,28+/m1/s1. The van der Waals surface area contributed by atoms with E-state index in [4.69, 9.17) is 12.2 Å². The normalized spacial score (nSPS) is 16.8. The molecule has 1 amide bonds. The zero-order valence-corrected chi connectivity index (χ0v) is 22.0. The van der Waals surface area contributed by atoms with Crippen LogP contribution in [-0.4, -0.2) is 46.1 Å². The number of hydrogen-bond donors (Lipinski definition) is 2. The minimum Gasteiger partial charge on any atom is -0.378 e. The molecule has 0 unspecified atom stereocenters. The van der Waals surface area contributed by atoms with Gasteiger partial charge in [-0.2, -0.15) is 0 Å². The van der Waals surface area contributed by atoms with Crippen LogP contribution in [0.2, 0.25) is 0 Å². The third-order valence-electron chi connectivity index (χ3n) is 6.63. The molecule has 0 bridgehead atoms. The Morgan fingerprint density at radius 2 is 1.82 bits per heavy atom. The van der Waals surface area contributed by atoms with Crippen molar-refractivity contribution in [3.05, 3.63) is 108 Å². The predicted octanol–water partition coefficient (Wildman–Crippen LogP) is 5.08. The summed E-state index contributed by atoms with van der Waals surface area (Å²) in [5, 5.41) is 6.84. The van der Waals surface area contributed by atoms with Crippen LogP contribution in [0.25, 0.3) is 5.69 Å². The maximum absolute atomic E-state index is 13.2. The van der Waals surface area contributed by atoms with E-state index in [2.05, 4.69) is 60.3 Å². The highest BCUT2D eigenvalue weighted by atomic mass is 32.1. The quantitative estimate of drug-likeness (QED) is 0.311. The van der Waals surface area contributed by atoms with Crippen LogP contribution in [0.1, 0.15) is 29.9 Å². The third kappa shape index (κ3) is 5.38. The van der Waals surface area contributed by atoms with Crippen LogP contribution in [0.5, 0.6) is 0 Å². The van der Waals surface area contributed by atoms with Gasteiger partial charge < -0.3 is 25.0 Å². The second-order valence-corrected chi connectivity index (χ2v) is 9.73. The van der Waals surface area contributed by atoms with Gasteiger partial charge in [0.25, 0.3) is 0 Å². The number of pyridine rings is 1. The van der Waals surface area contributed by atoms with Crippen LogP contribution in [0.4, 0.5) is 15.8 Å². The Labute approximate surface area is 226 Å². The molecule has 194 valence electrons. The fourth-order valence-corrected chi connectivity index (χ4v) is 5.06. The fraction of sp³-hybridized carbons (Fsp3) is 0.207. The lowest BCUT2D eigenvalue weighted by molar-refractivity contribution is -0.116. The molecule has 5 rings (SSSR count). The fourth-order valence-electron chi connectivity index (χ4n) is 4.73. The van der Waals surface area contributed by atoms with Crippen LogP contribution >= 0.6 is 12.2 Å². The molecule has 0 spiro atoms. The second kappa shape index (κ2) is 11.0. The Bertz CT molecular complexity index is 1410. The molecule has 1 fully saturated rings. The molecule has 2 N–H and O–H groups in total.